The lowest BCUT2D eigenvalue weighted by Crippen LogP contribution is -2.47. The molecular formula is C18H32N2O4. The van der Waals surface area contributed by atoms with E-state index in [-0.39, 0.29) is 17.4 Å². The van der Waals surface area contributed by atoms with E-state index in [1.54, 1.807) is 6.92 Å². The lowest BCUT2D eigenvalue weighted by atomic mass is 9.95. The van der Waals surface area contributed by atoms with Gasteiger partial charge < -0.3 is 19.6 Å². The largest absolute Gasteiger partial charge is 0.448 e. The number of rotatable bonds is 10. The van der Waals surface area contributed by atoms with Crippen LogP contribution in [0.1, 0.15) is 58.8 Å². The normalized spacial score (nSPS) is 26.3. The lowest BCUT2D eigenvalue weighted by Gasteiger charge is -2.34. The van der Waals surface area contributed by atoms with Crippen LogP contribution < -0.4 is 5.32 Å². The number of nitrogens with zero attached hydrogens (tertiary/aromatic N) is 1. The zero-order valence-corrected chi connectivity index (χ0v) is 15.1. The van der Waals surface area contributed by atoms with Crippen molar-refractivity contribution in [2.45, 2.75) is 70.4 Å². The number of ketones is 1. The molecule has 1 unspecified atom stereocenters. The molecule has 6 heteroatoms. The van der Waals surface area contributed by atoms with Gasteiger partial charge in [0, 0.05) is 31.2 Å². The summed E-state index contributed by atoms with van der Waals surface area (Å²) >= 11 is 0. The number of Topliss-reactive ketones (excluding diaryl/α,β-unsaturated/α-hetero) is 1. The summed E-state index contributed by atoms with van der Waals surface area (Å²) < 4.78 is 11.1. The van der Waals surface area contributed by atoms with Crippen molar-refractivity contribution in [1.82, 2.24) is 10.2 Å². The second-order valence-electron chi connectivity index (χ2n) is 7.04. The Balaban J connectivity index is 1.65. The minimum atomic E-state index is -0.348. The Morgan fingerprint density at radius 3 is 2.88 bits per heavy atom. The number of alkyl carbamates (subject to hydrolysis) is 1. The molecule has 0 spiro atoms. The summed E-state index contributed by atoms with van der Waals surface area (Å²) in [4.78, 5) is 25.1. The Morgan fingerprint density at radius 1 is 1.29 bits per heavy atom. The molecule has 1 N–H and O–H groups in total. The van der Waals surface area contributed by atoms with Gasteiger partial charge in [0.05, 0.1) is 6.61 Å². The average Bonchev–Trinajstić information content (AvgIpc) is 3.09. The molecule has 0 aromatic heterocycles. The molecule has 0 bridgehead atoms. The van der Waals surface area contributed by atoms with Crippen LogP contribution in [0.5, 0.6) is 0 Å². The van der Waals surface area contributed by atoms with Gasteiger partial charge in [-0.3, -0.25) is 4.90 Å². The van der Waals surface area contributed by atoms with Crippen LogP contribution in [0.15, 0.2) is 0 Å². The third-order valence-electron chi connectivity index (χ3n) is 5.24. The number of carbonyl (C=O) groups excluding carboxylic acids is 2. The van der Waals surface area contributed by atoms with Crippen molar-refractivity contribution in [1.29, 1.82) is 0 Å². The van der Waals surface area contributed by atoms with E-state index in [4.69, 9.17) is 9.47 Å². The molecule has 0 radical (unpaired) electrons. The van der Waals surface area contributed by atoms with Crippen molar-refractivity contribution >= 4 is 11.9 Å². The van der Waals surface area contributed by atoms with E-state index in [0.717, 1.165) is 45.4 Å². The zero-order chi connectivity index (χ0) is 17.4. The molecule has 138 valence electrons. The van der Waals surface area contributed by atoms with Gasteiger partial charge in [0.15, 0.2) is 0 Å². The fourth-order valence-electron chi connectivity index (χ4n) is 3.99. The number of ether oxygens (including phenoxy) is 2. The molecular weight excluding hydrogens is 308 g/mol. The highest BCUT2D eigenvalue weighted by molar-refractivity contribution is 5.75. The van der Waals surface area contributed by atoms with Crippen molar-refractivity contribution in [3.63, 3.8) is 0 Å². The highest BCUT2D eigenvalue weighted by Crippen LogP contribution is 2.42. The molecule has 2 heterocycles. The van der Waals surface area contributed by atoms with Crippen LogP contribution in [0.4, 0.5) is 4.79 Å². The van der Waals surface area contributed by atoms with Gasteiger partial charge in [0.1, 0.15) is 12.4 Å². The second-order valence-corrected chi connectivity index (χ2v) is 7.04. The van der Waals surface area contributed by atoms with Crippen LogP contribution in [0, 0.1) is 0 Å². The van der Waals surface area contributed by atoms with Gasteiger partial charge in [0.25, 0.3) is 0 Å². The Hall–Kier alpha value is -1.14. The first-order valence-corrected chi connectivity index (χ1v) is 9.32. The van der Waals surface area contributed by atoms with Gasteiger partial charge in [-0.1, -0.05) is 0 Å². The molecule has 2 aliphatic heterocycles. The van der Waals surface area contributed by atoms with Crippen LogP contribution >= 0.6 is 0 Å². The van der Waals surface area contributed by atoms with E-state index in [1.807, 2.05) is 6.92 Å². The SMILES string of the molecule is CCOCC12CCCN1[C@@H](COC(=O)NCCCCC(C)=O)CC2. The van der Waals surface area contributed by atoms with E-state index < -0.39 is 0 Å². The van der Waals surface area contributed by atoms with Gasteiger partial charge in [0.2, 0.25) is 0 Å². The highest BCUT2D eigenvalue weighted by Gasteiger charge is 2.49. The van der Waals surface area contributed by atoms with E-state index in [0.29, 0.717) is 25.6 Å². The topological polar surface area (TPSA) is 67.9 Å². The summed E-state index contributed by atoms with van der Waals surface area (Å²) in [6.45, 7) is 7.26. The zero-order valence-electron chi connectivity index (χ0n) is 15.1. The second kappa shape index (κ2) is 9.37. The highest BCUT2D eigenvalue weighted by atomic mass is 16.5. The van der Waals surface area contributed by atoms with Crippen LogP contribution in [0.3, 0.4) is 0 Å². The summed E-state index contributed by atoms with van der Waals surface area (Å²) in [6.07, 6.45) is 6.44. The van der Waals surface area contributed by atoms with Gasteiger partial charge >= 0.3 is 6.09 Å². The van der Waals surface area contributed by atoms with Crippen LogP contribution in [0.2, 0.25) is 0 Å². The third-order valence-corrected chi connectivity index (χ3v) is 5.24. The first-order valence-electron chi connectivity index (χ1n) is 9.32. The van der Waals surface area contributed by atoms with Crippen molar-refractivity contribution in [2.24, 2.45) is 0 Å². The number of hydrogen-bond acceptors (Lipinski definition) is 5. The number of nitrogens with one attached hydrogen (secondary N) is 1. The van der Waals surface area contributed by atoms with Crippen molar-refractivity contribution in [2.75, 3.05) is 32.9 Å². The minimum absolute atomic E-state index is 0.174. The smallest absolute Gasteiger partial charge is 0.407 e. The predicted octanol–water partition coefficient (Wildman–Crippen LogP) is 2.51. The van der Waals surface area contributed by atoms with Crippen molar-refractivity contribution in [3.8, 4) is 0 Å². The van der Waals surface area contributed by atoms with Crippen molar-refractivity contribution in [3.05, 3.63) is 0 Å². The van der Waals surface area contributed by atoms with Gasteiger partial charge in [-0.25, -0.2) is 4.79 Å². The maximum absolute atomic E-state index is 11.8. The fraction of sp³-hybridized carbons (Fsp3) is 0.889. The quantitative estimate of drug-likeness (QED) is 0.619. The van der Waals surface area contributed by atoms with Crippen molar-refractivity contribution < 1.29 is 19.1 Å². The molecule has 2 aliphatic rings. The first kappa shape index (κ1) is 19.2. The first-order chi connectivity index (χ1) is 11.6. The summed E-state index contributed by atoms with van der Waals surface area (Å²) in [6, 6.07) is 0.316. The number of fused-ring (bicyclic) bond motifs is 1. The number of amides is 1. The Bertz CT molecular complexity index is 429. The summed E-state index contributed by atoms with van der Waals surface area (Å²) in [5, 5.41) is 2.77. The van der Waals surface area contributed by atoms with E-state index >= 15 is 0 Å². The fourth-order valence-corrected chi connectivity index (χ4v) is 3.99. The number of hydrogen-bond donors (Lipinski definition) is 1. The van der Waals surface area contributed by atoms with Crippen LogP contribution in [-0.2, 0) is 14.3 Å². The minimum Gasteiger partial charge on any atom is -0.448 e. The van der Waals surface area contributed by atoms with E-state index in [9.17, 15) is 9.59 Å². The van der Waals surface area contributed by atoms with Gasteiger partial charge in [-0.15, -0.1) is 0 Å². The Kier molecular flexibility index (Phi) is 7.49. The molecule has 0 aliphatic carbocycles. The predicted molar refractivity (Wildman–Crippen MR) is 92.1 cm³/mol. The van der Waals surface area contributed by atoms with E-state index in [1.165, 1.54) is 12.8 Å². The Morgan fingerprint density at radius 2 is 2.12 bits per heavy atom. The molecule has 2 saturated heterocycles. The average molecular weight is 340 g/mol. The van der Waals surface area contributed by atoms with Crippen LogP contribution in [-0.4, -0.2) is 61.3 Å². The molecule has 1 amide bonds. The molecule has 24 heavy (non-hydrogen) atoms. The molecule has 2 fully saturated rings. The molecule has 2 rings (SSSR count). The maximum atomic E-state index is 11.8. The summed E-state index contributed by atoms with van der Waals surface area (Å²) in [5.41, 5.74) is 0.174. The molecule has 0 saturated carbocycles. The standard InChI is InChI=1S/C18H32N2O4/c1-3-23-14-18-9-6-12-20(18)16(8-10-18)13-24-17(22)19-11-5-4-7-15(2)21/h16H,3-14H2,1-2H3,(H,19,22)/t16-,18?/m1/s1. The molecule has 0 aromatic carbocycles. The summed E-state index contributed by atoms with van der Waals surface area (Å²) in [7, 11) is 0. The van der Waals surface area contributed by atoms with Crippen LogP contribution in [0.25, 0.3) is 0 Å². The number of carbonyl (C=O) groups is 2. The maximum Gasteiger partial charge on any atom is 0.407 e. The lowest BCUT2D eigenvalue weighted by molar-refractivity contribution is -0.117. The molecule has 2 atom stereocenters. The van der Waals surface area contributed by atoms with E-state index in [2.05, 4.69) is 10.2 Å². The third kappa shape index (κ3) is 5.18. The number of unbranched alkanes of at least 4 members (excludes halogenated alkanes) is 1. The Labute approximate surface area is 145 Å². The van der Waals surface area contributed by atoms with Gasteiger partial charge in [-0.05, 0) is 58.9 Å². The molecule has 0 aromatic rings. The van der Waals surface area contributed by atoms with Gasteiger partial charge in [-0.2, -0.15) is 0 Å². The molecule has 6 nitrogen and oxygen atoms in total. The monoisotopic (exact) mass is 340 g/mol. The summed E-state index contributed by atoms with van der Waals surface area (Å²) in [5.74, 6) is 0.194.